The normalized spacial score (nSPS) is 13.2. The number of thiophene rings is 1. The molecule has 0 saturated carbocycles. The number of nitrogens with one attached hydrogen (secondary N) is 1. The SMILES string of the molecule is Cc1nc(SCC(=O)Nc2ccc(C)c(C)c2)c2c3c(sc2n1)CCC3. The van der Waals surface area contributed by atoms with E-state index in [1.807, 2.05) is 25.1 Å². The highest BCUT2D eigenvalue weighted by atomic mass is 32.2. The number of hydrogen-bond donors (Lipinski definition) is 1. The summed E-state index contributed by atoms with van der Waals surface area (Å²) in [6, 6.07) is 5.99. The Morgan fingerprint density at radius 1 is 1.19 bits per heavy atom. The molecular weight excluding hydrogens is 362 g/mol. The summed E-state index contributed by atoms with van der Waals surface area (Å²) in [5.41, 5.74) is 4.65. The van der Waals surface area contributed by atoms with Crippen molar-refractivity contribution in [2.45, 2.75) is 45.1 Å². The minimum atomic E-state index is -0.00505. The van der Waals surface area contributed by atoms with E-state index in [4.69, 9.17) is 0 Å². The number of aryl methyl sites for hydroxylation is 5. The van der Waals surface area contributed by atoms with E-state index < -0.39 is 0 Å². The topological polar surface area (TPSA) is 54.9 Å². The molecule has 1 aromatic carbocycles. The molecule has 4 rings (SSSR count). The van der Waals surface area contributed by atoms with Gasteiger partial charge in [-0.15, -0.1) is 11.3 Å². The van der Waals surface area contributed by atoms with Gasteiger partial charge in [0.15, 0.2) is 0 Å². The van der Waals surface area contributed by atoms with Crippen molar-refractivity contribution in [3.63, 3.8) is 0 Å². The average Bonchev–Trinajstić information content (AvgIpc) is 3.16. The lowest BCUT2D eigenvalue weighted by atomic mass is 10.1. The van der Waals surface area contributed by atoms with E-state index in [1.165, 1.54) is 45.1 Å². The molecule has 1 N–H and O–H groups in total. The number of nitrogens with zero attached hydrogens (tertiary/aromatic N) is 2. The van der Waals surface area contributed by atoms with Gasteiger partial charge in [-0.2, -0.15) is 0 Å². The van der Waals surface area contributed by atoms with E-state index in [0.717, 1.165) is 34.2 Å². The second kappa shape index (κ2) is 7.00. The van der Waals surface area contributed by atoms with Gasteiger partial charge in [0.25, 0.3) is 0 Å². The number of anilines is 1. The zero-order valence-electron chi connectivity index (χ0n) is 15.2. The van der Waals surface area contributed by atoms with Crippen molar-refractivity contribution in [1.82, 2.24) is 9.97 Å². The number of rotatable bonds is 4. The third-order valence-electron chi connectivity index (χ3n) is 4.77. The molecule has 0 aliphatic heterocycles. The van der Waals surface area contributed by atoms with E-state index in [1.54, 1.807) is 11.3 Å². The van der Waals surface area contributed by atoms with Gasteiger partial charge in [-0.05, 0) is 68.9 Å². The monoisotopic (exact) mass is 383 g/mol. The number of carbonyl (C=O) groups excluding carboxylic acids is 1. The smallest absolute Gasteiger partial charge is 0.234 e. The van der Waals surface area contributed by atoms with Crippen molar-refractivity contribution in [3.8, 4) is 0 Å². The number of thioether (sulfide) groups is 1. The molecule has 0 bridgehead atoms. The minimum absolute atomic E-state index is 0.00505. The number of fused-ring (bicyclic) bond motifs is 3. The van der Waals surface area contributed by atoms with Gasteiger partial charge in [-0.3, -0.25) is 4.79 Å². The van der Waals surface area contributed by atoms with E-state index in [0.29, 0.717) is 5.75 Å². The van der Waals surface area contributed by atoms with E-state index >= 15 is 0 Å². The molecule has 2 heterocycles. The third-order valence-corrected chi connectivity index (χ3v) is 6.93. The molecule has 0 spiro atoms. The summed E-state index contributed by atoms with van der Waals surface area (Å²) < 4.78 is 0. The van der Waals surface area contributed by atoms with E-state index in [9.17, 15) is 4.79 Å². The van der Waals surface area contributed by atoms with Crippen LogP contribution in [-0.2, 0) is 17.6 Å². The number of aromatic nitrogens is 2. The zero-order valence-corrected chi connectivity index (χ0v) is 16.8. The first-order valence-corrected chi connectivity index (χ1v) is 10.6. The van der Waals surface area contributed by atoms with Crippen LogP contribution in [0.4, 0.5) is 5.69 Å². The van der Waals surface area contributed by atoms with Gasteiger partial charge in [0.1, 0.15) is 15.7 Å². The van der Waals surface area contributed by atoms with Crippen LogP contribution >= 0.6 is 23.1 Å². The molecule has 0 fully saturated rings. The molecule has 134 valence electrons. The van der Waals surface area contributed by atoms with Gasteiger partial charge in [-0.25, -0.2) is 9.97 Å². The molecule has 6 heteroatoms. The molecule has 1 amide bonds. The Balaban J connectivity index is 1.52. The Morgan fingerprint density at radius 2 is 2.04 bits per heavy atom. The highest BCUT2D eigenvalue weighted by Crippen LogP contribution is 2.40. The maximum absolute atomic E-state index is 12.4. The fourth-order valence-corrected chi connectivity index (χ4v) is 5.59. The van der Waals surface area contributed by atoms with Gasteiger partial charge in [0.2, 0.25) is 5.91 Å². The Kier molecular flexibility index (Phi) is 4.71. The average molecular weight is 384 g/mol. The summed E-state index contributed by atoms with van der Waals surface area (Å²) in [4.78, 5) is 24.2. The van der Waals surface area contributed by atoms with Crippen molar-refractivity contribution in [2.24, 2.45) is 0 Å². The second-order valence-electron chi connectivity index (χ2n) is 6.75. The van der Waals surface area contributed by atoms with Crippen LogP contribution < -0.4 is 5.32 Å². The first-order valence-electron chi connectivity index (χ1n) is 8.80. The second-order valence-corrected chi connectivity index (χ2v) is 8.80. The van der Waals surface area contributed by atoms with Crippen LogP contribution in [0.5, 0.6) is 0 Å². The van der Waals surface area contributed by atoms with Crippen LogP contribution in [0.25, 0.3) is 10.2 Å². The number of benzene rings is 1. The summed E-state index contributed by atoms with van der Waals surface area (Å²) in [5, 5.41) is 5.11. The van der Waals surface area contributed by atoms with Crippen molar-refractivity contribution in [2.75, 3.05) is 11.1 Å². The van der Waals surface area contributed by atoms with Gasteiger partial charge >= 0.3 is 0 Å². The Labute approximate surface area is 161 Å². The standard InChI is InChI=1S/C20H21N3OS2/c1-11-7-8-14(9-12(11)2)23-17(24)10-25-19-18-15-5-4-6-16(15)26-20(18)22-13(3)21-19/h7-9H,4-6,10H2,1-3H3,(H,23,24). The Bertz CT molecular complexity index is 1010. The highest BCUT2D eigenvalue weighted by molar-refractivity contribution is 8.00. The van der Waals surface area contributed by atoms with Gasteiger partial charge < -0.3 is 5.32 Å². The first-order chi connectivity index (χ1) is 12.5. The highest BCUT2D eigenvalue weighted by Gasteiger charge is 2.22. The predicted octanol–water partition coefficient (Wildman–Crippen LogP) is 4.84. The van der Waals surface area contributed by atoms with Crippen LogP contribution in [0.1, 0.15) is 33.8 Å². The fraction of sp³-hybridized carbons (Fsp3) is 0.350. The molecular formula is C20H21N3OS2. The fourth-order valence-electron chi connectivity index (χ4n) is 3.32. The molecule has 26 heavy (non-hydrogen) atoms. The van der Waals surface area contributed by atoms with Gasteiger partial charge in [-0.1, -0.05) is 17.8 Å². The maximum atomic E-state index is 12.4. The van der Waals surface area contributed by atoms with Crippen LogP contribution in [0.2, 0.25) is 0 Å². The molecule has 0 saturated heterocycles. The molecule has 1 aliphatic carbocycles. The van der Waals surface area contributed by atoms with Crippen molar-refractivity contribution >= 4 is 44.9 Å². The van der Waals surface area contributed by atoms with Gasteiger partial charge in [0, 0.05) is 16.0 Å². The largest absolute Gasteiger partial charge is 0.325 e. The van der Waals surface area contributed by atoms with Crippen LogP contribution in [-0.4, -0.2) is 21.6 Å². The molecule has 0 unspecified atom stereocenters. The van der Waals surface area contributed by atoms with Crippen molar-refractivity contribution < 1.29 is 4.79 Å². The number of hydrogen-bond acceptors (Lipinski definition) is 5. The summed E-state index contributed by atoms with van der Waals surface area (Å²) >= 11 is 3.30. The molecule has 0 radical (unpaired) electrons. The van der Waals surface area contributed by atoms with Crippen LogP contribution in [0.15, 0.2) is 23.2 Å². The minimum Gasteiger partial charge on any atom is -0.325 e. The quantitative estimate of drug-likeness (QED) is 0.517. The van der Waals surface area contributed by atoms with E-state index in [-0.39, 0.29) is 5.91 Å². The Hall–Kier alpha value is -1.92. The summed E-state index contributed by atoms with van der Waals surface area (Å²) in [5.74, 6) is 1.12. The molecule has 2 aromatic heterocycles. The summed E-state index contributed by atoms with van der Waals surface area (Å²) in [6.07, 6.45) is 3.46. The van der Waals surface area contributed by atoms with Gasteiger partial charge in [0.05, 0.1) is 5.75 Å². The summed E-state index contributed by atoms with van der Waals surface area (Å²) in [7, 11) is 0. The maximum Gasteiger partial charge on any atom is 0.234 e. The first kappa shape index (κ1) is 17.5. The lowest BCUT2D eigenvalue weighted by Gasteiger charge is -2.08. The predicted molar refractivity (Wildman–Crippen MR) is 109 cm³/mol. The third kappa shape index (κ3) is 3.35. The molecule has 3 aromatic rings. The van der Waals surface area contributed by atoms with Crippen molar-refractivity contribution in [1.29, 1.82) is 0 Å². The van der Waals surface area contributed by atoms with Crippen molar-refractivity contribution in [3.05, 3.63) is 45.6 Å². The van der Waals surface area contributed by atoms with E-state index in [2.05, 4.69) is 29.1 Å². The lowest BCUT2D eigenvalue weighted by Crippen LogP contribution is -2.14. The lowest BCUT2D eigenvalue weighted by molar-refractivity contribution is -0.113. The number of amides is 1. The zero-order chi connectivity index (χ0) is 18.3. The Morgan fingerprint density at radius 3 is 2.85 bits per heavy atom. The number of carbonyl (C=O) groups is 1. The molecule has 0 atom stereocenters. The molecule has 4 nitrogen and oxygen atoms in total. The van der Waals surface area contributed by atoms with Crippen LogP contribution in [0, 0.1) is 20.8 Å². The van der Waals surface area contributed by atoms with Crippen LogP contribution in [0.3, 0.4) is 0 Å². The molecule has 1 aliphatic rings. The summed E-state index contributed by atoms with van der Waals surface area (Å²) in [6.45, 7) is 6.04.